The summed E-state index contributed by atoms with van der Waals surface area (Å²) < 4.78 is 35.8. The third-order valence-electron chi connectivity index (χ3n) is 7.04. The third kappa shape index (κ3) is 8.25. The van der Waals surface area contributed by atoms with Crippen molar-refractivity contribution >= 4 is 17.9 Å². The van der Waals surface area contributed by atoms with Gasteiger partial charge in [0.15, 0.2) is 24.6 Å². The number of nitrogens with zero attached hydrogens (tertiary/aromatic N) is 3. The number of benzene rings is 3. The second-order valence-electron chi connectivity index (χ2n) is 10.2. The Balaban J connectivity index is 1.80. The summed E-state index contributed by atoms with van der Waals surface area (Å²) in [6.45, 7) is 3.21. The largest absolute Gasteiger partial charge is 0.456 e. The van der Waals surface area contributed by atoms with E-state index in [-0.39, 0.29) is 19.8 Å². The smallest absolute Gasteiger partial charge is 0.303 e. The molecule has 3 aromatic carbocycles. The number of rotatable bonds is 13. The Hall–Kier alpha value is -4.74. The van der Waals surface area contributed by atoms with Crippen LogP contribution in [0.3, 0.4) is 0 Å². The third-order valence-corrected chi connectivity index (χ3v) is 7.04. The van der Waals surface area contributed by atoms with Gasteiger partial charge in [0.1, 0.15) is 11.7 Å². The molecule has 0 bridgehead atoms. The van der Waals surface area contributed by atoms with Gasteiger partial charge in [0, 0.05) is 32.2 Å². The lowest BCUT2D eigenvalue weighted by atomic mass is 9.80. The summed E-state index contributed by atoms with van der Waals surface area (Å²) in [5.41, 5.74) is 9.98. The fourth-order valence-corrected chi connectivity index (χ4v) is 5.35. The van der Waals surface area contributed by atoms with E-state index in [1.807, 2.05) is 91.0 Å². The van der Waals surface area contributed by atoms with Gasteiger partial charge < -0.3 is 28.4 Å². The average Bonchev–Trinajstić information content (AvgIpc) is 3.03. The fourth-order valence-electron chi connectivity index (χ4n) is 5.35. The SMILES string of the molecule is CC(=O)O[C@H]1[C@@H](OC(C)=O)[C@@H](COC(c2ccccc2)(c2ccccc2)c2ccccc2)O[C@@H](OCCN=[N+]=[N-])[C@@H]1OC(C)=O. The first-order chi connectivity index (χ1) is 21.8. The molecule has 1 aliphatic heterocycles. The van der Waals surface area contributed by atoms with Gasteiger partial charge in [0.25, 0.3) is 0 Å². The molecule has 4 rings (SSSR count). The van der Waals surface area contributed by atoms with Crippen LogP contribution in [0.4, 0.5) is 0 Å². The normalized spacial score (nSPS) is 21.2. The summed E-state index contributed by atoms with van der Waals surface area (Å²) in [7, 11) is 0. The van der Waals surface area contributed by atoms with Crippen LogP contribution in [0.5, 0.6) is 0 Å². The molecule has 1 aliphatic rings. The van der Waals surface area contributed by atoms with Crippen molar-refractivity contribution in [2.75, 3.05) is 19.8 Å². The zero-order valence-electron chi connectivity index (χ0n) is 25.2. The molecule has 0 unspecified atom stereocenters. The fraction of sp³-hybridized carbons (Fsp3) is 0.364. The maximum atomic E-state index is 12.4. The molecule has 0 saturated carbocycles. The molecule has 0 aliphatic carbocycles. The van der Waals surface area contributed by atoms with Crippen LogP contribution >= 0.6 is 0 Å². The van der Waals surface area contributed by atoms with Crippen LogP contribution in [-0.2, 0) is 48.4 Å². The van der Waals surface area contributed by atoms with Crippen molar-refractivity contribution in [3.63, 3.8) is 0 Å². The van der Waals surface area contributed by atoms with E-state index in [0.717, 1.165) is 16.7 Å². The van der Waals surface area contributed by atoms with Crippen LogP contribution in [-0.4, -0.2) is 68.4 Å². The summed E-state index contributed by atoms with van der Waals surface area (Å²) in [6.07, 6.45) is -6.27. The number of carbonyl (C=O) groups is 3. The van der Waals surface area contributed by atoms with Gasteiger partial charge in [-0.2, -0.15) is 0 Å². The Kier molecular flexibility index (Phi) is 11.7. The number of ether oxygens (including phenoxy) is 6. The molecule has 1 heterocycles. The van der Waals surface area contributed by atoms with Crippen molar-refractivity contribution in [3.8, 4) is 0 Å². The van der Waals surface area contributed by atoms with E-state index < -0.39 is 54.2 Å². The maximum absolute atomic E-state index is 12.4. The molecule has 0 aromatic heterocycles. The lowest BCUT2D eigenvalue weighted by Gasteiger charge is -2.45. The minimum Gasteiger partial charge on any atom is -0.456 e. The predicted octanol–water partition coefficient (Wildman–Crippen LogP) is 4.84. The Morgan fingerprint density at radius 3 is 1.62 bits per heavy atom. The molecule has 5 atom stereocenters. The van der Waals surface area contributed by atoms with Crippen LogP contribution < -0.4 is 0 Å². The molecule has 0 N–H and O–H groups in total. The summed E-state index contributed by atoms with van der Waals surface area (Å²) in [4.78, 5) is 39.5. The van der Waals surface area contributed by atoms with Gasteiger partial charge in [-0.25, -0.2) is 0 Å². The minimum absolute atomic E-state index is 0.0466. The molecular weight excluding hydrogens is 582 g/mol. The number of hydrogen-bond donors (Lipinski definition) is 0. The first-order valence-corrected chi connectivity index (χ1v) is 14.4. The quantitative estimate of drug-likeness (QED) is 0.0498. The van der Waals surface area contributed by atoms with Crippen LogP contribution in [0.15, 0.2) is 96.1 Å². The second kappa shape index (κ2) is 15.8. The van der Waals surface area contributed by atoms with E-state index in [1.165, 1.54) is 20.8 Å². The van der Waals surface area contributed by atoms with Gasteiger partial charge in [0.2, 0.25) is 0 Å². The van der Waals surface area contributed by atoms with Crippen molar-refractivity contribution in [3.05, 3.63) is 118 Å². The Bertz CT molecular complexity index is 1370. The molecule has 1 saturated heterocycles. The molecule has 3 aromatic rings. The van der Waals surface area contributed by atoms with Gasteiger partial charge in [-0.15, -0.1) is 0 Å². The first-order valence-electron chi connectivity index (χ1n) is 14.4. The van der Waals surface area contributed by atoms with Crippen molar-refractivity contribution in [2.45, 2.75) is 57.1 Å². The highest BCUT2D eigenvalue weighted by atomic mass is 16.7. The predicted molar refractivity (Wildman–Crippen MR) is 160 cm³/mol. The lowest BCUT2D eigenvalue weighted by molar-refractivity contribution is -0.310. The van der Waals surface area contributed by atoms with E-state index in [4.69, 9.17) is 34.0 Å². The van der Waals surface area contributed by atoms with Crippen molar-refractivity contribution in [1.82, 2.24) is 0 Å². The van der Waals surface area contributed by atoms with Gasteiger partial charge >= 0.3 is 17.9 Å². The highest BCUT2D eigenvalue weighted by molar-refractivity contribution is 5.68. The monoisotopic (exact) mass is 617 g/mol. The van der Waals surface area contributed by atoms with Crippen molar-refractivity contribution in [1.29, 1.82) is 0 Å². The number of hydrogen-bond acceptors (Lipinski definition) is 10. The van der Waals surface area contributed by atoms with Gasteiger partial charge in [-0.1, -0.05) is 96.1 Å². The zero-order chi connectivity index (χ0) is 32.2. The van der Waals surface area contributed by atoms with Gasteiger partial charge in [-0.3, -0.25) is 14.4 Å². The maximum Gasteiger partial charge on any atom is 0.303 e. The highest BCUT2D eigenvalue weighted by Gasteiger charge is 2.53. The summed E-state index contributed by atoms with van der Waals surface area (Å²) in [5, 5.41) is 3.47. The van der Waals surface area contributed by atoms with E-state index in [2.05, 4.69) is 10.0 Å². The van der Waals surface area contributed by atoms with Crippen LogP contribution in [0.1, 0.15) is 37.5 Å². The molecule has 0 radical (unpaired) electrons. The molecule has 236 valence electrons. The Morgan fingerprint density at radius 1 is 0.733 bits per heavy atom. The van der Waals surface area contributed by atoms with Crippen LogP contribution in [0, 0.1) is 0 Å². The average molecular weight is 618 g/mol. The van der Waals surface area contributed by atoms with Crippen LogP contribution in [0.25, 0.3) is 10.4 Å². The Morgan fingerprint density at radius 2 is 1.18 bits per heavy atom. The molecule has 45 heavy (non-hydrogen) atoms. The number of esters is 3. The van der Waals surface area contributed by atoms with Crippen LogP contribution in [0.2, 0.25) is 0 Å². The molecule has 0 amide bonds. The summed E-state index contributed by atoms with van der Waals surface area (Å²) in [6, 6.07) is 28.9. The van der Waals surface area contributed by atoms with E-state index >= 15 is 0 Å². The molecule has 0 spiro atoms. The molecule has 1 fully saturated rings. The molecule has 12 nitrogen and oxygen atoms in total. The van der Waals surface area contributed by atoms with Gasteiger partial charge in [0.05, 0.1) is 13.2 Å². The first kappa shape index (κ1) is 33.2. The van der Waals surface area contributed by atoms with E-state index in [0.29, 0.717) is 0 Å². The summed E-state index contributed by atoms with van der Waals surface area (Å²) in [5.74, 6) is -2.11. The second-order valence-corrected chi connectivity index (χ2v) is 10.2. The molecular formula is C33H35N3O9. The standard InChI is InChI=1S/C33H35N3O9/c1-22(37)42-29-28(45-32(40-20-19-35-36-34)31(44-24(3)39)30(29)43-23(2)38)21-41-33(25-13-7-4-8-14-25,26-15-9-5-10-16-26)27-17-11-6-12-18-27/h4-18,28-32H,19-21H2,1-3H3/t28-,29+,30+,31-,32-/m1/s1. The number of carbonyl (C=O) groups excluding carboxylic acids is 3. The van der Waals surface area contributed by atoms with Gasteiger partial charge in [-0.05, 0) is 22.2 Å². The highest BCUT2D eigenvalue weighted by Crippen LogP contribution is 2.41. The topological polar surface area (TPSA) is 155 Å². The summed E-state index contributed by atoms with van der Waals surface area (Å²) >= 11 is 0. The van der Waals surface area contributed by atoms with E-state index in [9.17, 15) is 14.4 Å². The number of azide groups is 1. The van der Waals surface area contributed by atoms with Crippen molar-refractivity contribution in [2.24, 2.45) is 5.11 Å². The molecule has 12 heteroatoms. The Labute approximate surface area is 260 Å². The lowest BCUT2D eigenvalue weighted by Crippen LogP contribution is -2.63. The minimum atomic E-state index is -1.32. The zero-order valence-corrected chi connectivity index (χ0v) is 25.2. The van der Waals surface area contributed by atoms with E-state index in [1.54, 1.807) is 0 Å². The van der Waals surface area contributed by atoms with Crippen molar-refractivity contribution < 1.29 is 42.8 Å².